The first-order valence-corrected chi connectivity index (χ1v) is 8.60. The predicted molar refractivity (Wildman–Crippen MR) is 92.6 cm³/mol. The molecule has 0 bridgehead atoms. The molecule has 1 aliphatic carbocycles. The van der Waals surface area contributed by atoms with Crippen molar-refractivity contribution >= 4 is 11.7 Å². The number of benzene rings is 1. The van der Waals surface area contributed by atoms with E-state index in [-0.39, 0.29) is 17.9 Å². The maximum Gasteiger partial charge on any atom is 0.322 e. The fraction of sp³-hybridized carbons (Fsp3) is 0.444. The van der Waals surface area contributed by atoms with Gasteiger partial charge in [0.25, 0.3) is 0 Å². The highest BCUT2D eigenvalue weighted by molar-refractivity contribution is 5.90. The van der Waals surface area contributed by atoms with Crippen LogP contribution in [-0.4, -0.2) is 45.5 Å². The lowest BCUT2D eigenvalue weighted by atomic mass is 10.1. The lowest BCUT2D eigenvalue weighted by Gasteiger charge is -2.33. The number of phenolic OH excluding ortho intramolecular Hbond substituents is 1. The molecule has 2 fully saturated rings. The van der Waals surface area contributed by atoms with Gasteiger partial charge in [0.1, 0.15) is 11.9 Å². The number of ether oxygens (including phenoxy) is 1. The molecule has 1 aromatic carbocycles. The molecule has 2 aromatic rings. The predicted octanol–water partition coefficient (Wildman–Crippen LogP) is 2.61. The molecule has 7 heteroatoms. The Morgan fingerprint density at radius 1 is 1.40 bits per heavy atom. The van der Waals surface area contributed by atoms with Crippen molar-refractivity contribution in [2.24, 2.45) is 7.05 Å². The fourth-order valence-corrected chi connectivity index (χ4v) is 3.22. The molecule has 25 heavy (non-hydrogen) atoms. The first-order valence-electron chi connectivity index (χ1n) is 8.60. The van der Waals surface area contributed by atoms with Crippen LogP contribution in [0, 0.1) is 0 Å². The molecule has 0 radical (unpaired) electrons. The van der Waals surface area contributed by atoms with Gasteiger partial charge in [0.2, 0.25) is 0 Å². The highest BCUT2D eigenvalue weighted by atomic mass is 16.5. The van der Waals surface area contributed by atoms with E-state index in [1.54, 1.807) is 27.8 Å². The quantitative estimate of drug-likeness (QED) is 0.899. The molecule has 1 saturated heterocycles. The first kappa shape index (κ1) is 16.0. The van der Waals surface area contributed by atoms with Gasteiger partial charge in [-0.05, 0) is 30.5 Å². The van der Waals surface area contributed by atoms with Crippen LogP contribution in [0.4, 0.5) is 10.5 Å². The number of anilines is 1. The normalized spacial score (nSPS) is 20.5. The zero-order chi connectivity index (χ0) is 17.4. The summed E-state index contributed by atoms with van der Waals surface area (Å²) in [4.78, 5) is 14.4. The maximum absolute atomic E-state index is 12.7. The molecule has 1 aliphatic heterocycles. The summed E-state index contributed by atoms with van der Waals surface area (Å²) in [5, 5.41) is 17.1. The van der Waals surface area contributed by atoms with Gasteiger partial charge in [-0.3, -0.25) is 4.68 Å². The molecule has 1 aromatic heterocycles. The molecule has 0 spiro atoms. The van der Waals surface area contributed by atoms with Crippen molar-refractivity contribution in [1.29, 1.82) is 0 Å². The number of hydrogen-bond acceptors (Lipinski definition) is 4. The number of amides is 2. The molecule has 4 rings (SSSR count). The zero-order valence-electron chi connectivity index (χ0n) is 14.2. The number of carbonyl (C=O) groups is 1. The molecule has 1 saturated carbocycles. The SMILES string of the molecule is Cn1cc(NC(=O)N2CCOC(c3cccc(O)c3)C2)c(C2CC2)n1. The van der Waals surface area contributed by atoms with E-state index in [2.05, 4.69) is 10.4 Å². The lowest BCUT2D eigenvalue weighted by molar-refractivity contribution is -0.0135. The minimum atomic E-state index is -0.233. The summed E-state index contributed by atoms with van der Waals surface area (Å²) in [6, 6.07) is 6.85. The zero-order valence-corrected chi connectivity index (χ0v) is 14.2. The average Bonchev–Trinajstić information content (AvgIpc) is 3.38. The van der Waals surface area contributed by atoms with Crippen LogP contribution >= 0.6 is 0 Å². The second kappa shape index (κ2) is 6.40. The van der Waals surface area contributed by atoms with Crippen molar-refractivity contribution in [1.82, 2.24) is 14.7 Å². The van der Waals surface area contributed by atoms with Crippen molar-refractivity contribution in [3.8, 4) is 5.75 Å². The molecular weight excluding hydrogens is 320 g/mol. The van der Waals surface area contributed by atoms with E-state index in [1.807, 2.05) is 19.3 Å². The van der Waals surface area contributed by atoms with E-state index in [0.29, 0.717) is 25.6 Å². The third kappa shape index (κ3) is 3.46. The van der Waals surface area contributed by atoms with Crippen LogP contribution in [0.3, 0.4) is 0 Å². The molecule has 2 heterocycles. The number of hydrogen-bond donors (Lipinski definition) is 2. The highest BCUT2D eigenvalue weighted by Crippen LogP contribution is 2.42. The van der Waals surface area contributed by atoms with Crippen LogP contribution < -0.4 is 5.32 Å². The number of rotatable bonds is 3. The van der Waals surface area contributed by atoms with Crippen molar-refractivity contribution in [3.63, 3.8) is 0 Å². The monoisotopic (exact) mass is 342 g/mol. The van der Waals surface area contributed by atoms with E-state index in [9.17, 15) is 9.90 Å². The fourth-order valence-electron chi connectivity index (χ4n) is 3.22. The van der Waals surface area contributed by atoms with Crippen molar-refractivity contribution < 1.29 is 14.6 Å². The van der Waals surface area contributed by atoms with Gasteiger partial charge in [0.05, 0.1) is 24.5 Å². The van der Waals surface area contributed by atoms with E-state index in [0.717, 1.165) is 29.8 Å². The number of aromatic nitrogens is 2. The van der Waals surface area contributed by atoms with Crippen LogP contribution in [0.1, 0.15) is 36.1 Å². The minimum Gasteiger partial charge on any atom is -0.508 e. The standard InChI is InChI=1S/C18H22N4O3/c1-21-10-15(17(20-21)12-5-6-12)19-18(24)22-7-8-25-16(11-22)13-3-2-4-14(23)9-13/h2-4,9-10,12,16,23H,5-8,11H2,1H3,(H,19,24). The van der Waals surface area contributed by atoms with Crippen LogP contribution in [0.15, 0.2) is 30.5 Å². The molecule has 2 aliphatic rings. The Bertz CT molecular complexity index is 784. The van der Waals surface area contributed by atoms with E-state index < -0.39 is 0 Å². The van der Waals surface area contributed by atoms with Gasteiger partial charge in [-0.2, -0.15) is 5.10 Å². The summed E-state index contributed by atoms with van der Waals surface area (Å²) in [6.07, 6.45) is 3.90. The average molecular weight is 342 g/mol. The molecular formula is C18H22N4O3. The van der Waals surface area contributed by atoms with Gasteiger partial charge >= 0.3 is 6.03 Å². The van der Waals surface area contributed by atoms with E-state index in [4.69, 9.17) is 4.74 Å². The number of morpholine rings is 1. The maximum atomic E-state index is 12.7. The number of nitrogens with one attached hydrogen (secondary N) is 1. The minimum absolute atomic E-state index is 0.136. The van der Waals surface area contributed by atoms with E-state index in [1.165, 1.54) is 0 Å². The second-order valence-electron chi connectivity index (χ2n) is 6.71. The summed E-state index contributed by atoms with van der Waals surface area (Å²) in [5.41, 5.74) is 2.65. The number of aromatic hydroxyl groups is 1. The second-order valence-corrected chi connectivity index (χ2v) is 6.71. The largest absolute Gasteiger partial charge is 0.508 e. The van der Waals surface area contributed by atoms with Crippen molar-refractivity contribution in [2.75, 3.05) is 25.0 Å². The Kier molecular flexibility index (Phi) is 4.09. The summed E-state index contributed by atoms with van der Waals surface area (Å²) in [5.74, 6) is 0.674. The molecule has 7 nitrogen and oxygen atoms in total. The molecule has 1 unspecified atom stereocenters. The number of carbonyl (C=O) groups excluding carboxylic acids is 1. The Morgan fingerprint density at radius 3 is 3.00 bits per heavy atom. The van der Waals surface area contributed by atoms with Gasteiger partial charge < -0.3 is 20.1 Å². The van der Waals surface area contributed by atoms with Gasteiger partial charge in [-0.15, -0.1) is 0 Å². The Labute approximate surface area is 146 Å². The molecule has 2 N–H and O–H groups in total. The highest BCUT2D eigenvalue weighted by Gasteiger charge is 2.31. The molecule has 2 amide bonds. The molecule has 132 valence electrons. The molecule has 1 atom stereocenters. The third-order valence-corrected chi connectivity index (χ3v) is 4.66. The number of nitrogens with zero attached hydrogens (tertiary/aromatic N) is 3. The summed E-state index contributed by atoms with van der Waals surface area (Å²) < 4.78 is 7.52. The third-order valence-electron chi connectivity index (χ3n) is 4.66. The Hall–Kier alpha value is -2.54. The first-order chi connectivity index (χ1) is 12.1. The lowest BCUT2D eigenvalue weighted by Crippen LogP contribution is -2.44. The van der Waals surface area contributed by atoms with Gasteiger partial charge in [-0.25, -0.2) is 4.79 Å². The van der Waals surface area contributed by atoms with Gasteiger partial charge in [0, 0.05) is 25.7 Å². The number of aryl methyl sites for hydroxylation is 1. The van der Waals surface area contributed by atoms with Crippen LogP contribution in [0.2, 0.25) is 0 Å². The van der Waals surface area contributed by atoms with Gasteiger partial charge in [0.15, 0.2) is 0 Å². The summed E-state index contributed by atoms with van der Waals surface area (Å²) in [6.45, 7) is 1.46. The van der Waals surface area contributed by atoms with Gasteiger partial charge in [-0.1, -0.05) is 12.1 Å². The van der Waals surface area contributed by atoms with Crippen LogP contribution in [0.25, 0.3) is 0 Å². The van der Waals surface area contributed by atoms with Crippen LogP contribution in [0.5, 0.6) is 5.75 Å². The Morgan fingerprint density at radius 2 is 2.24 bits per heavy atom. The van der Waals surface area contributed by atoms with E-state index >= 15 is 0 Å². The van der Waals surface area contributed by atoms with Crippen molar-refractivity contribution in [2.45, 2.75) is 24.9 Å². The number of phenols is 1. The van der Waals surface area contributed by atoms with Crippen LogP contribution in [-0.2, 0) is 11.8 Å². The summed E-state index contributed by atoms with van der Waals surface area (Å²) >= 11 is 0. The summed E-state index contributed by atoms with van der Waals surface area (Å²) in [7, 11) is 1.87. The number of urea groups is 1. The van der Waals surface area contributed by atoms with Crippen molar-refractivity contribution in [3.05, 3.63) is 41.7 Å². The topological polar surface area (TPSA) is 79.6 Å². The Balaban J connectivity index is 1.45. The smallest absolute Gasteiger partial charge is 0.322 e.